The van der Waals surface area contributed by atoms with Gasteiger partial charge in [0.15, 0.2) is 11.5 Å². The SMILES string of the molecule is CCCC1CNN2C(=O)C=C(c3ccc4c(c3)OCO4)NC12. The van der Waals surface area contributed by atoms with Crippen molar-refractivity contribution in [3.63, 3.8) is 0 Å². The smallest absolute Gasteiger partial charge is 0.264 e. The van der Waals surface area contributed by atoms with Crippen LogP contribution >= 0.6 is 0 Å². The molecule has 3 aliphatic rings. The van der Waals surface area contributed by atoms with Crippen LogP contribution < -0.4 is 20.2 Å². The van der Waals surface area contributed by atoms with Gasteiger partial charge < -0.3 is 14.8 Å². The Morgan fingerprint density at radius 3 is 3.05 bits per heavy atom. The van der Waals surface area contributed by atoms with Crippen molar-refractivity contribution in [2.45, 2.75) is 25.9 Å². The topological polar surface area (TPSA) is 62.8 Å². The molecule has 0 aliphatic carbocycles. The first-order chi connectivity index (χ1) is 10.8. The molecule has 3 aliphatic heterocycles. The molecule has 1 aromatic rings. The standard InChI is InChI=1S/C16H19N3O3/c1-2-3-11-8-17-19-15(20)7-12(18-16(11)19)10-4-5-13-14(6-10)22-9-21-13/h4-7,11,16-18H,2-3,8-9H2,1H3. The Morgan fingerprint density at radius 1 is 1.32 bits per heavy atom. The van der Waals surface area contributed by atoms with Crippen LogP contribution in [0.5, 0.6) is 11.5 Å². The fourth-order valence-electron chi connectivity index (χ4n) is 3.29. The summed E-state index contributed by atoms with van der Waals surface area (Å²) in [6.07, 6.45) is 3.84. The lowest BCUT2D eigenvalue weighted by atomic mass is 9.99. The Balaban J connectivity index is 1.62. The summed E-state index contributed by atoms with van der Waals surface area (Å²) in [5, 5.41) is 5.20. The van der Waals surface area contributed by atoms with Crippen LogP contribution in [0.4, 0.5) is 0 Å². The molecule has 116 valence electrons. The molecule has 2 N–H and O–H groups in total. The summed E-state index contributed by atoms with van der Waals surface area (Å²) in [5.41, 5.74) is 4.97. The van der Waals surface area contributed by atoms with Crippen LogP contribution in [0.1, 0.15) is 25.3 Å². The van der Waals surface area contributed by atoms with Gasteiger partial charge >= 0.3 is 0 Å². The lowest BCUT2D eigenvalue weighted by Gasteiger charge is -2.33. The number of benzene rings is 1. The van der Waals surface area contributed by atoms with Crippen LogP contribution in [-0.2, 0) is 4.79 Å². The fraction of sp³-hybridized carbons (Fsp3) is 0.438. The van der Waals surface area contributed by atoms with E-state index >= 15 is 0 Å². The van der Waals surface area contributed by atoms with E-state index in [0.29, 0.717) is 5.92 Å². The highest BCUT2D eigenvalue weighted by Crippen LogP contribution is 2.35. The molecule has 2 unspecified atom stereocenters. The minimum Gasteiger partial charge on any atom is -0.454 e. The Morgan fingerprint density at radius 2 is 2.18 bits per heavy atom. The maximum atomic E-state index is 12.3. The molecule has 4 rings (SSSR count). The van der Waals surface area contributed by atoms with E-state index in [0.717, 1.165) is 42.1 Å². The molecule has 0 radical (unpaired) electrons. The van der Waals surface area contributed by atoms with E-state index in [9.17, 15) is 4.79 Å². The highest BCUT2D eigenvalue weighted by Gasteiger charge is 2.39. The summed E-state index contributed by atoms with van der Waals surface area (Å²) in [6, 6.07) is 5.75. The molecule has 1 aromatic carbocycles. The van der Waals surface area contributed by atoms with Gasteiger partial charge in [0.1, 0.15) is 6.17 Å². The Hall–Kier alpha value is -2.21. The summed E-state index contributed by atoms with van der Waals surface area (Å²) < 4.78 is 10.8. The molecule has 3 heterocycles. The number of ether oxygens (including phenoxy) is 2. The van der Waals surface area contributed by atoms with Crippen LogP contribution in [0, 0.1) is 5.92 Å². The van der Waals surface area contributed by atoms with Gasteiger partial charge in [-0.2, -0.15) is 0 Å². The first-order valence-electron chi connectivity index (χ1n) is 7.71. The molecular weight excluding hydrogens is 282 g/mol. The molecule has 0 spiro atoms. The Bertz CT molecular complexity index is 644. The van der Waals surface area contributed by atoms with Crippen molar-refractivity contribution in [2.24, 2.45) is 5.92 Å². The molecular formula is C16H19N3O3. The van der Waals surface area contributed by atoms with Crippen molar-refractivity contribution in [1.82, 2.24) is 15.8 Å². The Kier molecular flexibility index (Phi) is 3.18. The molecule has 0 saturated carbocycles. The second kappa shape index (κ2) is 5.21. The van der Waals surface area contributed by atoms with Crippen molar-refractivity contribution < 1.29 is 14.3 Å². The van der Waals surface area contributed by atoms with Crippen molar-refractivity contribution in [2.75, 3.05) is 13.3 Å². The van der Waals surface area contributed by atoms with Gasteiger partial charge in [-0.3, -0.25) is 9.80 Å². The minimum absolute atomic E-state index is 0.00461. The zero-order valence-corrected chi connectivity index (χ0v) is 12.5. The summed E-state index contributed by atoms with van der Waals surface area (Å²) in [5.74, 6) is 1.89. The van der Waals surface area contributed by atoms with Crippen molar-refractivity contribution in [1.29, 1.82) is 0 Å². The van der Waals surface area contributed by atoms with E-state index in [4.69, 9.17) is 9.47 Å². The average Bonchev–Trinajstić information content (AvgIpc) is 3.14. The van der Waals surface area contributed by atoms with E-state index in [1.807, 2.05) is 18.2 Å². The third-order valence-corrected chi connectivity index (χ3v) is 4.40. The lowest BCUT2D eigenvalue weighted by molar-refractivity contribution is -0.131. The minimum atomic E-state index is -0.00461. The first-order valence-corrected chi connectivity index (χ1v) is 7.71. The van der Waals surface area contributed by atoms with E-state index in [1.165, 1.54) is 0 Å². The molecule has 0 aromatic heterocycles. The van der Waals surface area contributed by atoms with Gasteiger partial charge in [0.2, 0.25) is 6.79 Å². The largest absolute Gasteiger partial charge is 0.454 e. The van der Waals surface area contributed by atoms with Crippen LogP contribution in [0.15, 0.2) is 24.3 Å². The molecule has 2 atom stereocenters. The maximum Gasteiger partial charge on any atom is 0.264 e. The molecule has 1 fully saturated rings. The molecule has 22 heavy (non-hydrogen) atoms. The number of hydrogen-bond donors (Lipinski definition) is 2. The Labute approximate surface area is 129 Å². The number of nitrogens with one attached hydrogen (secondary N) is 2. The maximum absolute atomic E-state index is 12.3. The van der Waals surface area contributed by atoms with Crippen LogP contribution in [-0.4, -0.2) is 30.4 Å². The quantitative estimate of drug-likeness (QED) is 0.885. The summed E-state index contributed by atoms with van der Waals surface area (Å²) >= 11 is 0. The number of nitrogens with zero attached hydrogens (tertiary/aromatic N) is 1. The second-order valence-corrected chi connectivity index (χ2v) is 5.83. The number of hydrogen-bond acceptors (Lipinski definition) is 5. The van der Waals surface area contributed by atoms with Gasteiger partial charge in [-0.15, -0.1) is 0 Å². The van der Waals surface area contributed by atoms with Gasteiger partial charge in [0, 0.05) is 29.8 Å². The van der Waals surface area contributed by atoms with E-state index in [2.05, 4.69) is 17.7 Å². The van der Waals surface area contributed by atoms with Crippen molar-refractivity contribution >= 4 is 11.6 Å². The third kappa shape index (κ3) is 2.11. The van der Waals surface area contributed by atoms with Gasteiger partial charge in [0.05, 0.1) is 0 Å². The van der Waals surface area contributed by atoms with E-state index < -0.39 is 0 Å². The van der Waals surface area contributed by atoms with Crippen LogP contribution in [0.2, 0.25) is 0 Å². The third-order valence-electron chi connectivity index (χ3n) is 4.40. The molecule has 6 nitrogen and oxygen atoms in total. The summed E-state index contributed by atoms with van der Waals surface area (Å²) in [7, 11) is 0. The van der Waals surface area contributed by atoms with Crippen molar-refractivity contribution in [3.05, 3.63) is 29.8 Å². The number of carbonyl (C=O) groups is 1. The van der Waals surface area contributed by atoms with Gasteiger partial charge in [-0.1, -0.05) is 13.3 Å². The van der Waals surface area contributed by atoms with Gasteiger partial charge in [-0.25, -0.2) is 5.43 Å². The van der Waals surface area contributed by atoms with Gasteiger partial charge in [-0.05, 0) is 24.6 Å². The highest BCUT2D eigenvalue weighted by molar-refractivity contribution is 5.96. The molecule has 1 saturated heterocycles. The highest BCUT2D eigenvalue weighted by atomic mass is 16.7. The number of carbonyl (C=O) groups excluding carboxylic acids is 1. The first kappa shape index (κ1) is 13.5. The van der Waals surface area contributed by atoms with Crippen LogP contribution in [0.25, 0.3) is 5.70 Å². The fourth-order valence-corrected chi connectivity index (χ4v) is 3.29. The summed E-state index contributed by atoms with van der Waals surface area (Å²) in [6.45, 7) is 3.25. The summed E-state index contributed by atoms with van der Waals surface area (Å²) in [4.78, 5) is 12.3. The lowest BCUT2D eigenvalue weighted by Crippen LogP contribution is -2.52. The van der Waals surface area contributed by atoms with E-state index in [1.54, 1.807) is 11.1 Å². The molecule has 0 bridgehead atoms. The van der Waals surface area contributed by atoms with Gasteiger partial charge in [0.25, 0.3) is 5.91 Å². The molecule has 1 amide bonds. The van der Waals surface area contributed by atoms with E-state index in [-0.39, 0.29) is 18.9 Å². The average molecular weight is 301 g/mol. The number of amides is 1. The van der Waals surface area contributed by atoms with Crippen LogP contribution in [0.3, 0.4) is 0 Å². The second-order valence-electron chi connectivity index (χ2n) is 5.83. The zero-order valence-electron chi connectivity index (χ0n) is 12.5. The van der Waals surface area contributed by atoms with Crippen molar-refractivity contribution in [3.8, 4) is 11.5 Å². The normalized spacial score (nSPS) is 25.8. The number of rotatable bonds is 3. The predicted octanol–water partition coefficient (Wildman–Crippen LogP) is 1.45. The predicted molar refractivity (Wildman–Crippen MR) is 80.7 cm³/mol. The number of fused-ring (bicyclic) bond motifs is 2. The number of hydrazine groups is 1. The molecule has 6 heteroatoms. The monoisotopic (exact) mass is 301 g/mol. The zero-order chi connectivity index (χ0) is 15.1.